The molecule has 1 N–H and O–H groups in total. The molecular formula is C8H16ClNO4S. The van der Waals surface area contributed by atoms with Gasteiger partial charge >= 0.3 is 15.3 Å². The van der Waals surface area contributed by atoms with E-state index in [9.17, 15) is 13.2 Å². The lowest BCUT2D eigenvalue weighted by Crippen LogP contribution is -2.27. The molecule has 0 spiro atoms. The van der Waals surface area contributed by atoms with E-state index >= 15 is 0 Å². The number of hydrogen-bond acceptors (Lipinski definition) is 4. The second-order valence-corrected chi connectivity index (χ2v) is 5.39. The summed E-state index contributed by atoms with van der Waals surface area (Å²) < 4.78 is 26.8. The summed E-state index contributed by atoms with van der Waals surface area (Å²) in [7, 11) is 0.743. The Balaban J connectivity index is 3.40. The van der Waals surface area contributed by atoms with Gasteiger partial charge in [0.1, 0.15) is 0 Å². The molecule has 0 aliphatic heterocycles. The summed E-state index contributed by atoms with van der Waals surface area (Å²) in [6.07, 6.45) is 4.06. The molecule has 0 saturated carbocycles. The molecule has 5 nitrogen and oxygen atoms in total. The monoisotopic (exact) mass is 257 g/mol. The maximum absolute atomic E-state index is 10.8. The Morgan fingerprint density at radius 3 is 2.40 bits per heavy atom. The predicted molar refractivity (Wildman–Crippen MR) is 58.0 cm³/mol. The highest BCUT2D eigenvalue weighted by Crippen LogP contribution is 2.02. The number of carbonyl (C=O) groups excluding carboxylic acids is 1. The van der Waals surface area contributed by atoms with E-state index in [0.29, 0.717) is 0 Å². The van der Waals surface area contributed by atoms with Crippen molar-refractivity contribution in [3.63, 3.8) is 0 Å². The van der Waals surface area contributed by atoms with Crippen LogP contribution in [0.3, 0.4) is 0 Å². The SMILES string of the molecule is CCCCCCCOC(=O)NS(=O)(=O)Cl. The van der Waals surface area contributed by atoms with Gasteiger partial charge in [0, 0.05) is 10.7 Å². The Hall–Kier alpha value is -0.490. The fourth-order valence-corrected chi connectivity index (χ4v) is 1.45. The summed E-state index contributed by atoms with van der Waals surface area (Å²) in [4.78, 5) is 10.8. The molecule has 0 saturated heterocycles. The molecule has 0 radical (unpaired) electrons. The fraction of sp³-hybridized carbons (Fsp3) is 0.875. The van der Waals surface area contributed by atoms with Crippen molar-refractivity contribution in [2.45, 2.75) is 39.0 Å². The van der Waals surface area contributed by atoms with E-state index in [0.717, 1.165) is 32.1 Å². The highest BCUT2D eigenvalue weighted by Gasteiger charge is 2.10. The lowest BCUT2D eigenvalue weighted by Gasteiger charge is -2.03. The Labute approximate surface area is 94.7 Å². The van der Waals surface area contributed by atoms with Crippen LogP contribution < -0.4 is 4.72 Å². The van der Waals surface area contributed by atoms with E-state index in [1.807, 2.05) is 0 Å². The molecule has 0 heterocycles. The van der Waals surface area contributed by atoms with Crippen molar-refractivity contribution in [3.8, 4) is 0 Å². The lowest BCUT2D eigenvalue weighted by molar-refractivity contribution is 0.150. The lowest BCUT2D eigenvalue weighted by atomic mass is 10.2. The molecule has 0 aromatic rings. The van der Waals surface area contributed by atoms with Crippen LogP contribution in [-0.2, 0) is 14.0 Å². The van der Waals surface area contributed by atoms with Crippen molar-refractivity contribution >= 4 is 26.0 Å². The molecule has 0 fully saturated rings. The number of hydrogen-bond donors (Lipinski definition) is 1. The van der Waals surface area contributed by atoms with Gasteiger partial charge in [-0.3, -0.25) is 0 Å². The molecule has 0 rings (SSSR count). The molecule has 0 aromatic carbocycles. The van der Waals surface area contributed by atoms with E-state index < -0.39 is 15.3 Å². The van der Waals surface area contributed by atoms with Gasteiger partial charge in [-0.25, -0.2) is 9.52 Å². The Morgan fingerprint density at radius 1 is 1.27 bits per heavy atom. The van der Waals surface area contributed by atoms with Crippen LogP contribution in [0.25, 0.3) is 0 Å². The van der Waals surface area contributed by atoms with Gasteiger partial charge in [-0.05, 0) is 6.42 Å². The first-order valence-corrected chi connectivity index (χ1v) is 7.16. The smallest absolute Gasteiger partial charge is 0.421 e. The zero-order valence-electron chi connectivity index (χ0n) is 8.66. The van der Waals surface area contributed by atoms with Gasteiger partial charge in [0.25, 0.3) is 0 Å². The van der Waals surface area contributed by atoms with Crippen molar-refractivity contribution in [1.29, 1.82) is 0 Å². The van der Waals surface area contributed by atoms with E-state index in [4.69, 9.17) is 10.7 Å². The molecule has 0 bridgehead atoms. The van der Waals surface area contributed by atoms with Crippen LogP contribution in [0.4, 0.5) is 4.79 Å². The van der Waals surface area contributed by atoms with Crippen LogP contribution in [0.2, 0.25) is 0 Å². The number of nitrogens with one attached hydrogen (secondary N) is 1. The summed E-state index contributed by atoms with van der Waals surface area (Å²) in [5, 5.41) is 0. The minimum absolute atomic E-state index is 0.210. The van der Waals surface area contributed by atoms with Gasteiger partial charge in [0.05, 0.1) is 6.61 Å². The average Bonchev–Trinajstić information content (AvgIpc) is 2.08. The van der Waals surface area contributed by atoms with Crippen molar-refractivity contribution in [3.05, 3.63) is 0 Å². The minimum atomic E-state index is -4.03. The Morgan fingerprint density at radius 2 is 1.87 bits per heavy atom. The Kier molecular flexibility index (Phi) is 7.50. The third-order valence-electron chi connectivity index (χ3n) is 1.69. The van der Waals surface area contributed by atoms with Gasteiger partial charge < -0.3 is 4.74 Å². The average molecular weight is 258 g/mol. The number of halogens is 1. The summed E-state index contributed by atoms with van der Waals surface area (Å²) in [6, 6.07) is 0. The van der Waals surface area contributed by atoms with Gasteiger partial charge in [-0.1, -0.05) is 32.6 Å². The second-order valence-electron chi connectivity index (χ2n) is 3.09. The first kappa shape index (κ1) is 14.5. The maximum Gasteiger partial charge on any atom is 0.421 e. The summed E-state index contributed by atoms with van der Waals surface area (Å²) in [6.45, 7) is 2.32. The van der Waals surface area contributed by atoms with E-state index in [-0.39, 0.29) is 6.61 Å². The zero-order valence-corrected chi connectivity index (χ0v) is 10.2. The topological polar surface area (TPSA) is 72.5 Å². The number of ether oxygens (including phenoxy) is 1. The van der Waals surface area contributed by atoms with Crippen molar-refractivity contribution in [1.82, 2.24) is 4.72 Å². The number of amides is 1. The molecule has 7 heteroatoms. The van der Waals surface area contributed by atoms with Crippen LogP contribution in [0.1, 0.15) is 39.0 Å². The predicted octanol–water partition coefficient (Wildman–Crippen LogP) is 2.17. The molecule has 1 amide bonds. The minimum Gasteiger partial charge on any atom is -0.449 e. The quantitative estimate of drug-likeness (QED) is 0.560. The third-order valence-corrected chi connectivity index (χ3v) is 2.33. The van der Waals surface area contributed by atoms with Crippen LogP contribution in [0.15, 0.2) is 0 Å². The molecule has 0 aliphatic rings. The first-order valence-electron chi connectivity index (χ1n) is 4.85. The molecule has 0 aliphatic carbocycles. The van der Waals surface area contributed by atoms with E-state index in [1.165, 1.54) is 4.72 Å². The van der Waals surface area contributed by atoms with Crippen LogP contribution in [0, 0.1) is 0 Å². The van der Waals surface area contributed by atoms with Crippen LogP contribution >= 0.6 is 10.7 Å². The van der Waals surface area contributed by atoms with Crippen molar-refractivity contribution < 1.29 is 17.9 Å². The summed E-state index contributed by atoms with van der Waals surface area (Å²) in [5.74, 6) is 0. The summed E-state index contributed by atoms with van der Waals surface area (Å²) >= 11 is 0. The first-order chi connectivity index (χ1) is 6.95. The van der Waals surface area contributed by atoms with Gasteiger partial charge in [-0.2, -0.15) is 8.42 Å². The van der Waals surface area contributed by atoms with E-state index in [2.05, 4.69) is 11.7 Å². The highest BCUT2D eigenvalue weighted by molar-refractivity contribution is 8.12. The van der Waals surface area contributed by atoms with Crippen LogP contribution in [0.5, 0.6) is 0 Å². The standard InChI is InChI=1S/C8H16ClNO4S/c1-2-3-4-5-6-7-14-8(11)10-15(9,12)13/h2-7H2,1H3,(H,10,11). The molecule has 0 atom stereocenters. The van der Waals surface area contributed by atoms with Gasteiger partial charge in [-0.15, -0.1) is 0 Å². The van der Waals surface area contributed by atoms with Crippen molar-refractivity contribution in [2.75, 3.05) is 6.61 Å². The molecule has 90 valence electrons. The van der Waals surface area contributed by atoms with Crippen molar-refractivity contribution in [2.24, 2.45) is 0 Å². The summed E-state index contributed by atoms with van der Waals surface area (Å²) in [5.41, 5.74) is 0. The highest BCUT2D eigenvalue weighted by atomic mass is 35.7. The molecule has 15 heavy (non-hydrogen) atoms. The van der Waals surface area contributed by atoms with Gasteiger partial charge in [0.15, 0.2) is 0 Å². The fourth-order valence-electron chi connectivity index (χ4n) is 0.999. The maximum atomic E-state index is 10.8. The molecule has 0 unspecified atom stereocenters. The van der Waals surface area contributed by atoms with E-state index in [1.54, 1.807) is 0 Å². The molecule has 0 aromatic heterocycles. The van der Waals surface area contributed by atoms with Gasteiger partial charge in [0.2, 0.25) is 0 Å². The third kappa shape index (κ3) is 11.4. The zero-order chi connectivity index (χ0) is 11.7. The number of carbonyl (C=O) groups is 1. The largest absolute Gasteiger partial charge is 0.449 e. The number of unbranched alkanes of at least 4 members (excludes halogenated alkanes) is 4. The normalized spacial score (nSPS) is 11.1. The Bertz CT molecular complexity index is 278. The molecular weight excluding hydrogens is 242 g/mol. The number of rotatable bonds is 7. The second kappa shape index (κ2) is 7.76. The van der Waals surface area contributed by atoms with Crippen LogP contribution in [-0.4, -0.2) is 21.1 Å².